The second kappa shape index (κ2) is 5.44. The first-order chi connectivity index (χ1) is 9.03. The Labute approximate surface area is 118 Å². The summed E-state index contributed by atoms with van der Waals surface area (Å²) >= 11 is 0. The van der Waals surface area contributed by atoms with Gasteiger partial charge in [0.1, 0.15) is 21.3 Å². The average Bonchev–Trinajstić information content (AvgIpc) is 2.22. The van der Waals surface area contributed by atoms with E-state index in [1.165, 1.54) is 0 Å². The fourth-order valence-corrected chi connectivity index (χ4v) is 1.31. The molecule has 1 aromatic rings. The summed E-state index contributed by atoms with van der Waals surface area (Å²) in [6.45, 7) is 4.92. The molecular formula is C11H12B2N2O5. The number of hydrogen-bond acceptors (Lipinski definition) is 5. The summed E-state index contributed by atoms with van der Waals surface area (Å²) in [5.41, 5.74) is -2.12. The van der Waals surface area contributed by atoms with Gasteiger partial charge >= 0.3 is 12.1 Å². The van der Waals surface area contributed by atoms with E-state index in [4.69, 9.17) is 25.5 Å². The molecule has 0 aromatic carbocycles. The number of carboxylic acids is 1. The number of carbonyl (C=O) groups is 2. The maximum absolute atomic E-state index is 11.6. The fraction of sp³-hybridized carbons (Fsp3) is 0.364. The molecule has 1 aromatic heterocycles. The lowest BCUT2D eigenvalue weighted by Crippen LogP contribution is -2.36. The van der Waals surface area contributed by atoms with Gasteiger partial charge in [-0.05, 0) is 26.4 Å². The molecule has 9 heteroatoms. The lowest BCUT2D eigenvalue weighted by Gasteiger charge is -2.20. The van der Waals surface area contributed by atoms with Crippen molar-refractivity contribution in [2.75, 3.05) is 5.32 Å². The number of hydrogen-bond donors (Lipinski definition) is 3. The number of nitrogens with zero attached hydrogens (tertiary/aromatic N) is 1. The molecule has 0 unspecified atom stereocenters. The molecule has 0 fully saturated rings. The van der Waals surface area contributed by atoms with Crippen molar-refractivity contribution in [2.45, 2.75) is 26.4 Å². The monoisotopic (exact) mass is 274 g/mol. The molecule has 0 spiro atoms. The minimum Gasteiger partial charge on any atom is -0.504 e. The number of nitrogens with one attached hydrogen (secondary N) is 1. The third-order valence-electron chi connectivity index (χ3n) is 2.07. The minimum absolute atomic E-state index is 0.328. The Morgan fingerprint density at radius 2 is 1.85 bits per heavy atom. The molecule has 20 heavy (non-hydrogen) atoms. The molecule has 0 bridgehead atoms. The van der Waals surface area contributed by atoms with Gasteiger partial charge in [0, 0.05) is 0 Å². The van der Waals surface area contributed by atoms with Crippen LogP contribution >= 0.6 is 0 Å². The SMILES string of the molecule is [B]c1nc(NC(=O)OC(C)(C)C)c(O)c(C(=O)O)c1[B]. The van der Waals surface area contributed by atoms with Gasteiger partial charge < -0.3 is 14.9 Å². The molecule has 4 radical (unpaired) electrons. The van der Waals surface area contributed by atoms with E-state index in [9.17, 15) is 14.7 Å². The molecule has 1 amide bonds. The first-order valence-corrected chi connectivity index (χ1v) is 5.54. The Kier molecular flexibility index (Phi) is 4.32. The summed E-state index contributed by atoms with van der Waals surface area (Å²) in [6.07, 6.45) is -0.916. The van der Waals surface area contributed by atoms with Crippen LogP contribution in [-0.2, 0) is 4.74 Å². The van der Waals surface area contributed by atoms with Crippen LogP contribution in [0, 0.1) is 0 Å². The van der Waals surface area contributed by atoms with Crippen molar-refractivity contribution in [1.29, 1.82) is 0 Å². The van der Waals surface area contributed by atoms with Crippen LogP contribution < -0.4 is 16.4 Å². The first kappa shape index (κ1) is 15.9. The molecule has 0 aliphatic rings. The van der Waals surface area contributed by atoms with Crippen LogP contribution in [0.3, 0.4) is 0 Å². The van der Waals surface area contributed by atoms with Crippen molar-refractivity contribution in [2.24, 2.45) is 0 Å². The smallest absolute Gasteiger partial charge is 0.413 e. The highest BCUT2D eigenvalue weighted by Crippen LogP contribution is 2.23. The van der Waals surface area contributed by atoms with Crippen molar-refractivity contribution in [1.82, 2.24) is 4.98 Å². The molecule has 1 heterocycles. The average molecular weight is 274 g/mol. The van der Waals surface area contributed by atoms with Crippen LogP contribution in [0.15, 0.2) is 0 Å². The van der Waals surface area contributed by atoms with Gasteiger partial charge in [0.2, 0.25) is 0 Å². The van der Waals surface area contributed by atoms with Crippen molar-refractivity contribution in [3.8, 4) is 5.75 Å². The molecule has 1 rings (SSSR count). The topological polar surface area (TPSA) is 109 Å². The zero-order valence-corrected chi connectivity index (χ0v) is 11.2. The van der Waals surface area contributed by atoms with Gasteiger partial charge in [0.15, 0.2) is 11.6 Å². The highest BCUT2D eigenvalue weighted by Gasteiger charge is 2.23. The van der Waals surface area contributed by atoms with Crippen LogP contribution in [0.5, 0.6) is 5.75 Å². The highest BCUT2D eigenvalue weighted by atomic mass is 16.6. The molecule has 102 valence electrons. The van der Waals surface area contributed by atoms with Crippen molar-refractivity contribution in [3.63, 3.8) is 0 Å². The Bertz CT molecular complexity index is 569. The maximum Gasteiger partial charge on any atom is 0.413 e. The third kappa shape index (κ3) is 3.66. The van der Waals surface area contributed by atoms with E-state index in [0.29, 0.717) is 0 Å². The number of carboxylic acid groups (broad SMARTS) is 1. The predicted octanol–water partition coefficient (Wildman–Crippen LogP) is -0.580. The fourth-order valence-electron chi connectivity index (χ4n) is 1.31. The Morgan fingerprint density at radius 1 is 1.30 bits per heavy atom. The summed E-state index contributed by atoms with van der Waals surface area (Å²) < 4.78 is 4.95. The summed E-state index contributed by atoms with van der Waals surface area (Å²) in [4.78, 5) is 26.2. The van der Waals surface area contributed by atoms with Gasteiger partial charge in [-0.3, -0.25) is 5.32 Å². The summed E-state index contributed by atoms with van der Waals surface area (Å²) in [6, 6.07) is 0. The molecule has 0 atom stereocenters. The van der Waals surface area contributed by atoms with Gasteiger partial charge in [-0.2, -0.15) is 0 Å². The van der Waals surface area contributed by atoms with Crippen LogP contribution in [0.4, 0.5) is 10.6 Å². The van der Waals surface area contributed by atoms with Gasteiger partial charge in [-0.15, -0.1) is 0 Å². The molecule has 0 aliphatic carbocycles. The number of aromatic nitrogens is 1. The number of aromatic carboxylic acids is 1. The molecule has 7 nitrogen and oxygen atoms in total. The number of amides is 1. The zero-order valence-electron chi connectivity index (χ0n) is 11.2. The lowest BCUT2D eigenvalue weighted by molar-refractivity contribution is 0.0631. The standard InChI is InChI=1S/C11H12B2N2O5/c1-11(2,3)20-10(19)15-8-6(16)4(9(17)18)5(12)7(13)14-8/h16H,1-3H3,(H,17,18)(H,14,15,19). The van der Waals surface area contributed by atoms with Gasteiger partial charge in [0.25, 0.3) is 0 Å². The van der Waals surface area contributed by atoms with E-state index in [-0.39, 0.29) is 11.1 Å². The zero-order chi connectivity index (χ0) is 15.7. The van der Waals surface area contributed by atoms with Crippen molar-refractivity contribution in [3.05, 3.63) is 5.56 Å². The Morgan fingerprint density at radius 3 is 2.30 bits per heavy atom. The minimum atomic E-state index is -1.50. The Balaban J connectivity index is 3.15. The summed E-state index contributed by atoms with van der Waals surface area (Å²) in [7, 11) is 10.8. The van der Waals surface area contributed by atoms with Crippen LogP contribution in [0.2, 0.25) is 0 Å². The van der Waals surface area contributed by atoms with E-state index in [0.717, 1.165) is 0 Å². The predicted molar refractivity (Wildman–Crippen MR) is 73.5 cm³/mol. The maximum atomic E-state index is 11.6. The van der Waals surface area contributed by atoms with Gasteiger partial charge in [0.05, 0.1) is 5.56 Å². The molecular weight excluding hydrogens is 262 g/mol. The Hall–Kier alpha value is -2.18. The number of anilines is 1. The molecule has 0 aliphatic heterocycles. The van der Waals surface area contributed by atoms with E-state index in [2.05, 4.69) is 10.3 Å². The van der Waals surface area contributed by atoms with Crippen LogP contribution in [-0.4, -0.2) is 48.6 Å². The second-order valence-electron chi connectivity index (χ2n) is 4.91. The summed E-state index contributed by atoms with van der Waals surface area (Å²) in [5.74, 6) is -2.74. The number of pyridine rings is 1. The molecule has 0 saturated heterocycles. The normalized spacial score (nSPS) is 10.9. The quantitative estimate of drug-likeness (QED) is 0.622. The number of rotatable bonds is 2. The largest absolute Gasteiger partial charge is 0.504 e. The van der Waals surface area contributed by atoms with E-state index < -0.39 is 34.8 Å². The van der Waals surface area contributed by atoms with Crippen molar-refractivity contribution < 1.29 is 24.5 Å². The number of aromatic hydroxyl groups is 1. The lowest BCUT2D eigenvalue weighted by atomic mass is 9.81. The molecule has 3 N–H and O–H groups in total. The number of ether oxygens (including phenoxy) is 1. The van der Waals surface area contributed by atoms with E-state index in [1.54, 1.807) is 20.8 Å². The second-order valence-corrected chi connectivity index (χ2v) is 4.91. The van der Waals surface area contributed by atoms with Crippen molar-refractivity contribution >= 4 is 44.6 Å². The molecule has 0 saturated carbocycles. The van der Waals surface area contributed by atoms with Gasteiger partial charge in [-0.25, -0.2) is 14.6 Å². The van der Waals surface area contributed by atoms with E-state index >= 15 is 0 Å². The van der Waals surface area contributed by atoms with Crippen LogP contribution in [0.25, 0.3) is 0 Å². The highest BCUT2D eigenvalue weighted by molar-refractivity contribution is 6.50. The number of carbonyl (C=O) groups excluding carboxylic acids is 1. The third-order valence-corrected chi connectivity index (χ3v) is 2.07. The van der Waals surface area contributed by atoms with Crippen LogP contribution in [0.1, 0.15) is 31.1 Å². The first-order valence-electron chi connectivity index (χ1n) is 5.54. The summed E-state index contributed by atoms with van der Waals surface area (Å²) in [5, 5.41) is 20.8. The van der Waals surface area contributed by atoms with E-state index in [1.807, 2.05) is 0 Å². The van der Waals surface area contributed by atoms with Gasteiger partial charge in [-0.1, -0.05) is 5.46 Å².